The maximum Gasteiger partial charge on any atom is 0.335 e. The number of anilines is 1. The van der Waals surface area contributed by atoms with Crippen molar-refractivity contribution in [3.63, 3.8) is 0 Å². The van der Waals surface area contributed by atoms with Crippen molar-refractivity contribution in [2.75, 3.05) is 4.90 Å². The zero-order valence-electron chi connectivity index (χ0n) is 15.3. The van der Waals surface area contributed by atoms with Gasteiger partial charge in [0.25, 0.3) is 5.91 Å². The average Bonchev–Trinajstić information content (AvgIpc) is 2.71. The third-order valence-electron chi connectivity index (χ3n) is 4.40. The number of halogens is 1. The van der Waals surface area contributed by atoms with Gasteiger partial charge in [-0.2, -0.15) is 0 Å². The van der Waals surface area contributed by atoms with Crippen molar-refractivity contribution >= 4 is 29.2 Å². The second kappa shape index (κ2) is 8.67. The molecule has 2 aromatic carbocycles. The highest BCUT2D eigenvalue weighted by Crippen LogP contribution is 2.26. The number of aromatic carboxylic acids is 1. The number of carbonyl (C=O) groups is 2. The Bertz CT molecular complexity index is 1020. The van der Waals surface area contributed by atoms with Crippen LogP contribution in [-0.4, -0.2) is 22.0 Å². The first kappa shape index (κ1) is 19.6. The van der Waals surface area contributed by atoms with E-state index in [1.807, 2.05) is 31.2 Å². The SMILES string of the molecule is CCc1ccccc1N(Cc1cccc(C(=O)O)c1)C(=O)c1ccnc(Cl)c1. The Kier molecular flexibility index (Phi) is 6.06. The van der Waals surface area contributed by atoms with Gasteiger partial charge in [0.05, 0.1) is 12.1 Å². The van der Waals surface area contributed by atoms with Gasteiger partial charge in [0, 0.05) is 17.4 Å². The molecule has 0 aliphatic rings. The van der Waals surface area contributed by atoms with E-state index in [4.69, 9.17) is 11.6 Å². The van der Waals surface area contributed by atoms with E-state index in [0.29, 0.717) is 5.56 Å². The first-order valence-electron chi connectivity index (χ1n) is 8.83. The number of hydrogen-bond donors (Lipinski definition) is 1. The van der Waals surface area contributed by atoms with E-state index in [1.54, 1.807) is 29.2 Å². The van der Waals surface area contributed by atoms with Gasteiger partial charge in [-0.3, -0.25) is 4.79 Å². The summed E-state index contributed by atoms with van der Waals surface area (Å²) >= 11 is 5.97. The Hall–Kier alpha value is -3.18. The summed E-state index contributed by atoms with van der Waals surface area (Å²) in [7, 11) is 0. The van der Waals surface area contributed by atoms with Crippen molar-refractivity contribution in [1.82, 2.24) is 4.98 Å². The van der Waals surface area contributed by atoms with Crippen molar-refractivity contribution in [3.8, 4) is 0 Å². The van der Waals surface area contributed by atoms with Crippen molar-refractivity contribution in [2.24, 2.45) is 0 Å². The van der Waals surface area contributed by atoms with Crippen molar-refractivity contribution in [2.45, 2.75) is 19.9 Å². The summed E-state index contributed by atoms with van der Waals surface area (Å²) in [4.78, 5) is 30.2. The number of para-hydroxylation sites is 1. The number of aryl methyl sites for hydroxylation is 1. The summed E-state index contributed by atoms with van der Waals surface area (Å²) < 4.78 is 0. The number of rotatable bonds is 6. The van der Waals surface area contributed by atoms with Gasteiger partial charge >= 0.3 is 5.97 Å². The fourth-order valence-corrected chi connectivity index (χ4v) is 3.19. The van der Waals surface area contributed by atoms with Gasteiger partial charge in [-0.15, -0.1) is 0 Å². The number of nitrogens with zero attached hydrogens (tertiary/aromatic N) is 2. The molecule has 0 saturated carbocycles. The zero-order valence-corrected chi connectivity index (χ0v) is 16.1. The molecule has 0 bridgehead atoms. The molecule has 0 fully saturated rings. The molecular formula is C22H19ClN2O3. The van der Waals surface area contributed by atoms with Gasteiger partial charge in [0.15, 0.2) is 0 Å². The van der Waals surface area contributed by atoms with Crippen molar-refractivity contribution in [1.29, 1.82) is 0 Å². The predicted octanol–water partition coefficient (Wildman–Crippen LogP) is 4.84. The lowest BCUT2D eigenvalue weighted by Gasteiger charge is -2.25. The summed E-state index contributed by atoms with van der Waals surface area (Å²) in [5.41, 5.74) is 3.12. The highest BCUT2D eigenvalue weighted by atomic mass is 35.5. The highest BCUT2D eigenvalue weighted by Gasteiger charge is 2.21. The number of carboxylic acid groups (broad SMARTS) is 1. The number of amides is 1. The van der Waals surface area contributed by atoms with Crippen LogP contribution in [0.2, 0.25) is 5.15 Å². The molecule has 3 aromatic rings. The number of pyridine rings is 1. The lowest BCUT2D eigenvalue weighted by Crippen LogP contribution is -2.31. The number of benzene rings is 2. The molecule has 1 amide bonds. The summed E-state index contributed by atoms with van der Waals surface area (Å²) in [5, 5.41) is 9.50. The van der Waals surface area contributed by atoms with E-state index in [1.165, 1.54) is 18.3 Å². The van der Waals surface area contributed by atoms with Crippen LogP contribution in [0.4, 0.5) is 5.69 Å². The largest absolute Gasteiger partial charge is 0.478 e. The molecule has 1 N–H and O–H groups in total. The third kappa shape index (κ3) is 4.38. The van der Waals surface area contributed by atoms with Gasteiger partial charge in [-0.05, 0) is 47.9 Å². The quantitative estimate of drug-likeness (QED) is 0.607. The van der Waals surface area contributed by atoms with Crippen LogP contribution >= 0.6 is 11.6 Å². The minimum Gasteiger partial charge on any atom is -0.478 e. The second-order valence-corrected chi connectivity index (χ2v) is 6.63. The molecule has 28 heavy (non-hydrogen) atoms. The normalized spacial score (nSPS) is 10.5. The van der Waals surface area contributed by atoms with Crippen LogP contribution in [-0.2, 0) is 13.0 Å². The molecular weight excluding hydrogens is 376 g/mol. The molecule has 0 aliphatic carbocycles. The van der Waals surface area contributed by atoms with Crippen LogP contribution in [0.1, 0.15) is 38.8 Å². The molecule has 3 rings (SSSR count). The van der Waals surface area contributed by atoms with Gasteiger partial charge in [0.1, 0.15) is 5.15 Å². The minimum atomic E-state index is -1.00. The molecule has 6 heteroatoms. The van der Waals surface area contributed by atoms with E-state index in [-0.39, 0.29) is 23.2 Å². The van der Waals surface area contributed by atoms with E-state index in [9.17, 15) is 14.7 Å². The Morgan fingerprint density at radius 2 is 1.82 bits per heavy atom. The average molecular weight is 395 g/mol. The number of hydrogen-bond acceptors (Lipinski definition) is 3. The summed E-state index contributed by atoms with van der Waals surface area (Å²) in [5.74, 6) is -1.24. The maximum absolute atomic E-state index is 13.3. The molecule has 142 valence electrons. The summed E-state index contributed by atoms with van der Waals surface area (Å²) in [6.07, 6.45) is 2.25. The summed E-state index contributed by atoms with van der Waals surface area (Å²) in [6, 6.07) is 17.4. The molecule has 0 saturated heterocycles. The van der Waals surface area contributed by atoms with Crippen molar-refractivity contribution < 1.29 is 14.7 Å². The smallest absolute Gasteiger partial charge is 0.335 e. The second-order valence-electron chi connectivity index (χ2n) is 6.25. The van der Waals surface area contributed by atoms with Crippen LogP contribution in [0, 0.1) is 0 Å². The number of aromatic nitrogens is 1. The van der Waals surface area contributed by atoms with Gasteiger partial charge < -0.3 is 10.0 Å². The lowest BCUT2D eigenvalue weighted by atomic mass is 10.1. The maximum atomic E-state index is 13.3. The molecule has 0 radical (unpaired) electrons. The lowest BCUT2D eigenvalue weighted by molar-refractivity contribution is 0.0696. The van der Waals surface area contributed by atoms with Crippen molar-refractivity contribution in [3.05, 3.63) is 94.3 Å². The van der Waals surface area contributed by atoms with E-state index in [0.717, 1.165) is 23.2 Å². The molecule has 1 heterocycles. The molecule has 0 aliphatic heterocycles. The van der Waals surface area contributed by atoms with Crippen LogP contribution < -0.4 is 4.90 Å². The Morgan fingerprint density at radius 1 is 1.04 bits per heavy atom. The van der Waals surface area contributed by atoms with Crippen LogP contribution in [0.15, 0.2) is 66.9 Å². The van der Waals surface area contributed by atoms with Crippen LogP contribution in [0.5, 0.6) is 0 Å². The highest BCUT2D eigenvalue weighted by molar-refractivity contribution is 6.29. The molecule has 0 atom stereocenters. The van der Waals surface area contributed by atoms with Gasteiger partial charge in [0.2, 0.25) is 0 Å². The fourth-order valence-electron chi connectivity index (χ4n) is 3.02. The molecule has 1 aromatic heterocycles. The predicted molar refractivity (Wildman–Crippen MR) is 109 cm³/mol. The number of carboxylic acids is 1. The van der Waals surface area contributed by atoms with Crippen LogP contribution in [0.25, 0.3) is 0 Å². The van der Waals surface area contributed by atoms with E-state index < -0.39 is 5.97 Å². The Balaban J connectivity index is 2.05. The zero-order chi connectivity index (χ0) is 20.1. The molecule has 5 nitrogen and oxygen atoms in total. The van der Waals surface area contributed by atoms with E-state index >= 15 is 0 Å². The summed E-state index contributed by atoms with van der Waals surface area (Å²) in [6.45, 7) is 2.26. The standard InChI is InChI=1S/C22H19ClN2O3/c1-2-16-7-3-4-9-19(16)25(21(26)17-10-11-24-20(23)13-17)14-15-6-5-8-18(12-15)22(27)28/h3-13H,2,14H2,1H3,(H,27,28). The Morgan fingerprint density at radius 3 is 2.54 bits per heavy atom. The fraction of sp³-hybridized carbons (Fsp3) is 0.136. The van der Waals surface area contributed by atoms with Gasteiger partial charge in [-0.1, -0.05) is 48.9 Å². The van der Waals surface area contributed by atoms with E-state index in [2.05, 4.69) is 4.98 Å². The third-order valence-corrected chi connectivity index (χ3v) is 4.60. The Labute approximate surface area is 168 Å². The monoisotopic (exact) mass is 394 g/mol. The molecule has 0 unspecified atom stereocenters. The van der Waals surface area contributed by atoms with Gasteiger partial charge in [-0.25, -0.2) is 9.78 Å². The first-order chi connectivity index (χ1) is 13.5. The molecule has 0 spiro atoms. The minimum absolute atomic E-state index is 0.181. The number of carbonyl (C=O) groups excluding carboxylic acids is 1. The topological polar surface area (TPSA) is 70.5 Å². The first-order valence-corrected chi connectivity index (χ1v) is 9.21. The van der Waals surface area contributed by atoms with Crippen LogP contribution in [0.3, 0.4) is 0 Å².